The van der Waals surface area contributed by atoms with Crippen molar-refractivity contribution in [2.45, 2.75) is 67.2 Å². The van der Waals surface area contributed by atoms with Gasteiger partial charge >= 0.3 is 0 Å². The van der Waals surface area contributed by atoms with Crippen LogP contribution in [0.15, 0.2) is 47.6 Å². The van der Waals surface area contributed by atoms with Crippen molar-refractivity contribution in [2.75, 3.05) is 0 Å². The van der Waals surface area contributed by atoms with Gasteiger partial charge in [0.2, 0.25) is 0 Å². The molecule has 0 saturated heterocycles. The molecule has 0 fully saturated rings. The van der Waals surface area contributed by atoms with Crippen molar-refractivity contribution in [3.05, 3.63) is 97.6 Å². The van der Waals surface area contributed by atoms with Gasteiger partial charge in [-0.25, -0.2) is 0 Å². The van der Waals surface area contributed by atoms with Crippen molar-refractivity contribution in [1.82, 2.24) is 0 Å². The van der Waals surface area contributed by atoms with Crippen LogP contribution in [0.4, 0.5) is 0 Å². The Kier molecular flexibility index (Phi) is 3.93. The van der Waals surface area contributed by atoms with Crippen LogP contribution in [0.2, 0.25) is 0 Å². The van der Waals surface area contributed by atoms with E-state index in [1.807, 2.05) is 0 Å². The summed E-state index contributed by atoms with van der Waals surface area (Å²) in [6.45, 7) is 18.4. The Morgan fingerprint density at radius 3 is 1.78 bits per heavy atom. The highest BCUT2D eigenvalue weighted by Gasteiger charge is 2.44. The zero-order chi connectivity index (χ0) is 22.6. The van der Waals surface area contributed by atoms with Crippen LogP contribution in [0.1, 0.15) is 75.8 Å². The molecule has 6 rings (SSSR count). The molecule has 2 unspecified atom stereocenters. The predicted octanol–water partition coefficient (Wildman–Crippen LogP) is 8.80. The number of fused-ring (bicyclic) bond motifs is 6. The lowest BCUT2D eigenvalue weighted by Gasteiger charge is -2.46. The van der Waals surface area contributed by atoms with Crippen LogP contribution in [-0.2, 0) is 0 Å². The average Bonchev–Trinajstić information content (AvgIpc) is 2.74. The van der Waals surface area contributed by atoms with Crippen LogP contribution in [0, 0.1) is 41.5 Å². The van der Waals surface area contributed by atoms with Crippen molar-refractivity contribution in [1.29, 1.82) is 0 Å². The molecule has 3 aromatic carbocycles. The summed E-state index contributed by atoms with van der Waals surface area (Å²) >= 11 is 0. The van der Waals surface area contributed by atoms with Gasteiger partial charge in [-0.05, 0) is 133 Å². The first-order chi connectivity index (χ1) is 15.2. The molecule has 3 aliphatic rings. The third-order valence-electron chi connectivity index (χ3n) is 8.83. The monoisotopic (exact) mass is 416 g/mol. The maximum Gasteiger partial charge on any atom is 0.0214 e. The molecule has 0 N–H and O–H groups in total. The first-order valence-electron chi connectivity index (χ1n) is 12.0. The minimum absolute atomic E-state index is 0.409. The number of allylic oxidation sites excluding steroid dienone is 4. The number of hydrogen-bond acceptors (Lipinski definition) is 0. The number of benzene rings is 3. The van der Waals surface area contributed by atoms with Crippen LogP contribution in [0.3, 0.4) is 0 Å². The Morgan fingerprint density at radius 2 is 1.09 bits per heavy atom. The van der Waals surface area contributed by atoms with E-state index in [1.54, 1.807) is 5.56 Å². The van der Waals surface area contributed by atoms with E-state index in [0.29, 0.717) is 11.8 Å². The molecule has 32 heavy (non-hydrogen) atoms. The normalized spacial score (nSPS) is 19.9. The standard InChI is InChI=1S/C32H32/c1-15-9-23-25(11-17(15)3)29-21(7)20(6)14-28-24-10-16(2)18(4)12-26(24)30-22(8)19(5)13-27(23)31(30)32(28)29/h9-14,29,32H,1-8H3. The predicted molar refractivity (Wildman–Crippen MR) is 138 cm³/mol. The van der Waals surface area contributed by atoms with Crippen molar-refractivity contribution in [3.8, 4) is 22.3 Å². The van der Waals surface area contributed by atoms with Crippen molar-refractivity contribution in [2.24, 2.45) is 0 Å². The fourth-order valence-electron chi connectivity index (χ4n) is 6.51. The Morgan fingerprint density at radius 1 is 0.531 bits per heavy atom. The van der Waals surface area contributed by atoms with Crippen LogP contribution in [0.25, 0.3) is 27.8 Å². The summed E-state index contributed by atoms with van der Waals surface area (Å²) in [5.41, 5.74) is 23.3. The highest BCUT2D eigenvalue weighted by molar-refractivity contribution is 6.00. The highest BCUT2D eigenvalue weighted by Crippen LogP contribution is 2.63. The van der Waals surface area contributed by atoms with Crippen molar-refractivity contribution in [3.63, 3.8) is 0 Å². The molecule has 0 nitrogen and oxygen atoms in total. The summed E-state index contributed by atoms with van der Waals surface area (Å²) in [4.78, 5) is 0. The zero-order valence-corrected chi connectivity index (χ0v) is 20.6. The number of aryl methyl sites for hydroxylation is 5. The van der Waals surface area contributed by atoms with E-state index >= 15 is 0 Å². The highest BCUT2D eigenvalue weighted by atomic mass is 14.5. The average molecular weight is 417 g/mol. The molecule has 0 bridgehead atoms. The van der Waals surface area contributed by atoms with Gasteiger partial charge in [0.1, 0.15) is 0 Å². The van der Waals surface area contributed by atoms with Crippen LogP contribution >= 0.6 is 0 Å². The molecular formula is C32H32. The minimum atomic E-state index is 0.409. The van der Waals surface area contributed by atoms with E-state index in [9.17, 15) is 0 Å². The van der Waals surface area contributed by atoms with E-state index in [-0.39, 0.29) is 0 Å². The molecule has 0 spiro atoms. The molecule has 0 saturated carbocycles. The first kappa shape index (κ1) is 19.8. The SMILES string of the molecule is CC1=C(C)C2c3cc(C)c(C)cc3-c3cc(C)c(C)c4c3C2C(=C1)c1cc(C)c(C)cc1-4. The van der Waals surface area contributed by atoms with E-state index < -0.39 is 0 Å². The Hall–Kier alpha value is -2.86. The maximum atomic E-state index is 2.50. The second-order valence-corrected chi connectivity index (χ2v) is 10.6. The molecule has 160 valence electrons. The largest absolute Gasteiger partial charge is 0.0619 e. The molecule has 0 radical (unpaired) electrons. The summed E-state index contributed by atoms with van der Waals surface area (Å²) in [6.07, 6.45) is 2.50. The molecule has 0 aromatic heterocycles. The molecule has 0 amide bonds. The Bertz CT molecular complexity index is 1440. The lowest BCUT2D eigenvalue weighted by Crippen LogP contribution is -2.27. The third kappa shape index (κ3) is 2.33. The minimum Gasteiger partial charge on any atom is -0.0619 e. The molecule has 3 aromatic rings. The third-order valence-corrected chi connectivity index (χ3v) is 8.83. The second-order valence-electron chi connectivity index (χ2n) is 10.6. The van der Waals surface area contributed by atoms with Crippen molar-refractivity contribution >= 4 is 5.57 Å². The van der Waals surface area contributed by atoms with E-state index in [2.05, 4.69) is 91.8 Å². The quantitative estimate of drug-likeness (QED) is 0.343. The van der Waals surface area contributed by atoms with E-state index in [4.69, 9.17) is 0 Å². The van der Waals surface area contributed by atoms with Gasteiger partial charge in [-0.3, -0.25) is 0 Å². The van der Waals surface area contributed by atoms with Gasteiger partial charge in [-0.2, -0.15) is 0 Å². The lowest BCUT2D eigenvalue weighted by molar-refractivity contribution is 0.686. The zero-order valence-electron chi connectivity index (χ0n) is 20.6. The number of rotatable bonds is 0. The van der Waals surface area contributed by atoms with Crippen LogP contribution in [0.5, 0.6) is 0 Å². The summed E-state index contributed by atoms with van der Waals surface area (Å²) in [7, 11) is 0. The first-order valence-corrected chi connectivity index (χ1v) is 12.0. The fraction of sp³-hybridized carbons (Fsp3) is 0.312. The Labute approximate surface area is 192 Å². The van der Waals surface area contributed by atoms with E-state index in [0.717, 1.165) is 0 Å². The molecular weight excluding hydrogens is 384 g/mol. The van der Waals surface area contributed by atoms with Gasteiger partial charge in [-0.15, -0.1) is 0 Å². The van der Waals surface area contributed by atoms with Crippen LogP contribution in [-0.4, -0.2) is 0 Å². The number of hydrogen-bond donors (Lipinski definition) is 0. The van der Waals surface area contributed by atoms with E-state index in [1.165, 1.54) is 83.5 Å². The Balaban J connectivity index is 1.85. The maximum absolute atomic E-state index is 2.50. The summed E-state index contributed by atoms with van der Waals surface area (Å²) < 4.78 is 0. The van der Waals surface area contributed by atoms with Gasteiger partial charge in [0.05, 0.1) is 0 Å². The fourth-order valence-corrected chi connectivity index (χ4v) is 6.51. The van der Waals surface area contributed by atoms with Gasteiger partial charge in [0.25, 0.3) is 0 Å². The van der Waals surface area contributed by atoms with Gasteiger partial charge < -0.3 is 0 Å². The summed E-state index contributed by atoms with van der Waals surface area (Å²) in [5, 5.41) is 0. The lowest BCUT2D eigenvalue weighted by atomic mass is 9.57. The topological polar surface area (TPSA) is 0 Å². The molecule has 3 aliphatic carbocycles. The van der Waals surface area contributed by atoms with Gasteiger partial charge in [-0.1, -0.05) is 47.6 Å². The smallest absolute Gasteiger partial charge is 0.0214 e. The molecule has 0 heteroatoms. The second kappa shape index (κ2) is 6.35. The molecule has 2 atom stereocenters. The van der Waals surface area contributed by atoms with Gasteiger partial charge in [0, 0.05) is 11.8 Å². The van der Waals surface area contributed by atoms with Crippen molar-refractivity contribution < 1.29 is 0 Å². The summed E-state index contributed by atoms with van der Waals surface area (Å²) in [6, 6.07) is 12.3. The summed E-state index contributed by atoms with van der Waals surface area (Å²) in [5.74, 6) is 0.833. The molecule has 0 heterocycles. The van der Waals surface area contributed by atoms with Crippen LogP contribution < -0.4 is 0 Å². The molecule has 0 aliphatic heterocycles. The van der Waals surface area contributed by atoms with Gasteiger partial charge in [0.15, 0.2) is 0 Å².